The topological polar surface area (TPSA) is 86.8 Å². The molecule has 0 spiro atoms. The van der Waals surface area contributed by atoms with Crippen LogP contribution in [0.15, 0.2) is 0 Å². The molecule has 7 nitrogen and oxygen atoms in total. The van der Waals surface area contributed by atoms with E-state index in [0.717, 1.165) is 25.9 Å². The zero-order valence-corrected chi connectivity index (χ0v) is 14.8. The van der Waals surface area contributed by atoms with Crippen LogP contribution >= 0.6 is 0 Å². The third-order valence-electron chi connectivity index (χ3n) is 4.94. The van der Waals surface area contributed by atoms with Gasteiger partial charge in [0.15, 0.2) is 9.84 Å². The molecule has 2 saturated heterocycles. The van der Waals surface area contributed by atoms with Crippen LogP contribution in [0.2, 0.25) is 0 Å². The molecule has 2 amide bonds. The van der Waals surface area contributed by atoms with Crippen molar-refractivity contribution in [1.29, 1.82) is 0 Å². The second-order valence-corrected chi connectivity index (χ2v) is 8.86. The molecule has 0 atom stereocenters. The Labute approximate surface area is 138 Å². The largest absolute Gasteiger partial charge is 0.358 e. The van der Waals surface area contributed by atoms with Crippen molar-refractivity contribution in [3.63, 3.8) is 0 Å². The lowest BCUT2D eigenvalue weighted by molar-refractivity contribution is -0.137. The number of hydrogen-bond donors (Lipinski definition) is 1. The fraction of sp³-hybridized carbons (Fsp3) is 0.867. The van der Waals surface area contributed by atoms with Gasteiger partial charge in [-0.15, -0.1) is 0 Å². The maximum atomic E-state index is 12.5. The number of hydrogen-bond acceptors (Lipinski definition) is 5. The average molecular weight is 345 g/mol. The zero-order valence-electron chi connectivity index (χ0n) is 14.0. The van der Waals surface area contributed by atoms with Crippen molar-refractivity contribution >= 4 is 21.7 Å². The van der Waals surface area contributed by atoms with Crippen LogP contribution in [0.25, 0.3) is 0 Å². The number of likely N-dealkylation sites (tertiary alicyclic amines) is 2. The maximum absolute atomic E-state index is 12.5. The minimum Gasteiger partial charge on any atom is -0.358 e. The van der Waals surface area contributed by atoms with Gasteiger partial charge in [-0.3, -0.25) is 9.59 Å². The Balaban J connectivity index is 1.86. The number of nitrogens with zero attached hydrogens (tertiary/aromatic N) is 2. The molecule has 132 valence electrons. The molecule has 0 aromatic carbocycles. The summed E-state index contributed by atoms with van der Waals surface area (Å²) in [6.07, 6.45) is 2.61. The number of amides is 2. The van der Waals surface area contributed by atoms with Gasteiger partial charge >= 0.3 is 0 Å². The monoisotopic (exact) mass is 345 g/mol. The van der Waals surface area contributed by atoms with Crippen LogP contribution in [0, 0.1) is 5.92 Å². The van der Waals surface area contributed by atoms with Crippen molar-refractivity contribution in [2.24, 2.45) is 5.92 Å². The minimum absolute atomic E-state index is 0.0743. The molecule has 0 aromatic rings. The summed E-state index contributed by atoms with van der Waals surface area (Å²) in [4.78, 5) is 27.9. The van der Waals surface area contributed by atoms with E-state index in [-0.39, 0.29) is 11.8 Å². The van der Waals surface area contributed by atoms with Gasteiger partial charge in [-0.05, 0) is 45.8 Å². The smallest absolute Gasteiger partial charge is 0.234 e. The highest BCUT2D eigenvalue weighted by Gasteiger charge is 2.35. The molecule has 8 heteroatoms. The fourth-order valence-electron chi connectivity index (χ4n) is 3.32. The second-order valence-electron chi connectivity index (χ2n) is 6.58. The molecule has 0 aliphatic carbocycles. The van der Waals surface area contributed by atoms with Crippen LogP contribution < -0.4 is 5.32 Å². The van der Waals surface area contributed by atoms with Gasteiger partial charge < -0.3 is 15.1 Å². The third-order valence-corrected chi connectivity index (χ3v) is 7.09. The van der Waals surface area contributed by atoms with Crippen LogP contribution in [0.4, 0.5) is 0 Å². The minimum atomic E-state index is -3.43. The highest BCUT2D eigenvalue weighted by atomic mass is 32.2. The van der Waals surface area contributed by atoms with E-state index >= 15 is 0 Å². The molecule has 2 aliphatic heterocycles. The molecule has 2 fully saturated rings. The standard InChI is InChI=1S/C15H27N3O4S/c1-16-14(19)11-23(21,22)13-5-9-18(10-6-13)15(20)12-3-7-17(2)8-4-12/h12-13H,3-11H2,1-2H3,(H,16,19). The van der Waals surface area contributed by atoms with E-state index in [1.54, 1.807) is 0 Å². The van der Waals surface area contributed by atoms with Crippen LogP contribution in [-0.2, 0) is 19.4 Å². The lowest BCUT2D eigenvalue weighted by Gasteiger charge is -2.36. The lowest BCUT2D eigenvalue weighted by Crippen LogP contribution is -2.47. The Bertz CT molecular complexity index is 533. The van der Waals surface area contributed by atoms with Gasteiger partial charge in [0.1, 0.15) is 5.75 Å². The van der Waals surface area contributed by atoms with Crippen molar-refractivity contribution < 1.29 is 18.0 Å². The summed E-state index contributed by atoms with van der Waals surface area (Å²) in [5.41, 5.74) is 0. The zero-order chi connectivity index (χ0) is 17.0. The molecule has 2 heterocycles. The first kappa shape index (κ1) is 18.2. The molecule has 0 saturated carbocycles. The van der Waals surface area contributed by atoms with E-state index in [1.807, 2.05) is 4.90 Å². The van der Waals surface area contributed by atoms with Crippen LogP contribution in [0.1, 0.15) is 25.7 Å². The molecule has 23 heavy (non-hydrogen) atoms. The molecular weight excluding hydrogens is 318 g/mol. The summed E-state index contributed by atoms with van der Waals surface area (Å²) in [6, 6.07) is 0. The number of rotatable bonds is 4. The SMILES string of the molecule is CNC(=O)CS(=O)(=O)C1CCN(C(=O)C2CCN(C)CC2)CC1. The van der Waals surface area contributed by atoms with Crippen LogP contribution in [0.5, 0.6) is 0 Å². The van der Waals surface area contributed by atoms with Gasteiger partial charge in [0.05, 0.1) is 5.25 Å². The number of sulfone groups is 1. The summed E-state index contributed by atoms with van der Waals surface area (Å²) in [7, 11) is 0.0577. The van der Waals surface area contributed by atoms with Crippen molar-refractivity contribution in [2.75, 3.05) is 46.0 Å². The van der Waals surface area contributed by atoms with Gasteiger partial charge in [-0.1, -0.05) is 0 Å². The first-order chi connectivity index (χ1) is 10.8. The lowest BCUT2D eigenvalue weighted by atomic mass is 9.94. The quantitative estimate of drug-likeness (QED) is 0.741. The normalized spacial score (nSPS) is 22.1. The van der Waals surface area contributed by atoms with E-state index in [4.69, 9.17) is 0 Å². The summed E-state index contributed by atoms with van der Waals surface area (Å²) in [5.74, 6) is -0.697. The Morgan fingerprint density at radius 3 is 2.13 bits per heavy atom. The highest BCUT2D eigenvalue weighted by molar-refractivity contribution is 7.92. The average Bonchev–Trinajstić information content (AvgIpc) is 2.54. The van der Waals surface area contributed by atoms with E-state index in [1.165, 1.54) is 7.05 Å². The highest BCUT2D eigenvalue weighted by Crippen LogP contribution is 2.23. The van der Waals surface area contributed by atoms with E-state index in [9.17, 15) is 18.0 Å². The van der Waals surface area contributed by atoms with Gasteiger partial charge in [0.2, 0.25) is 11.8 Å². The van der Waals surface area contributed by atoms with E-state index in [0.29, 0.717) is 25.9 Å². The summed E-state index contributed by atoms with van der Waals surface area (Å²) < 4.78 is 24.4. The van der Waals surface area contributed by atoms with Gasteiger partial charge in [-0.2, -0.15) is 0 Å². The summed E-state index contributed by atoms with van der Waals surface area (Å²) in [6.45, 7) is 2.83. The number of carbonyl (C=O) groups excluding carboxylic acids is 2. The molecular formula is C15H27N3O4S. The predicted molar refractivity (Wildman–Crippen MR) is 87.7 cm³/mol. The molecule has 1 N–H and O–H groups in total. The Morgan fingerprint density at radius 2 is 1.61 bits per heavy atom. The Kier molecular flexibility index (Phi) is 6.02. The van der Waals surface area contributed by atoms with Gasteiger partial charge in [-0.25, -0.2) is 8.42 Å². The van der Waals surface area contributed by atoms with E-state index < -0.39 is 26.7 Å². The first-order valence-electron chi connectivity index (χ1n) is 8.23. The predicted octanol–water partition coefficient (Wildman–Crippen LogP) is -0.520. The fourth-order valence-corrected chi connectivity index (χ4v) is 5.00. The van der Waals surface area contributed by atoms with Crippen LogP contribution in [0.3, 0.4) is 0 Å². The van der Waals surface area contributed by atoms with E-state index in [2.05, 4.69) is 17.3 Å². The molecule has 0 unspecified atom stereocenters. The van der Waals surface area contributed by atoms with Gasteiger partial charge in [0, 0.05) is 26.1 Å². The molecule has 2 aliphatic rings. The third kappa shape index (κ3) is 4.67. The Hall–Kier alpha value is -1.15. The van der Waals surface area contributed by atoms with Crippen molar-refractivity contribution in [2.45, 2.75) is 30.9 Å². The molecule has 2 rings (SSSR count). The van der Waals surface area contributed by atoms with Crippen molar-refractivity contribution in [3.8, 4) is 0 Å². The van der Waals surface area contributed by atoms with Crippen molar-refractivity contribution in [3.05, 3.63) is 0 Å². The van der Waals surface area contributed by atoms with Gasteiger partial charge in [0.25, 0.3) is 0 Å². The molecule has 0 bridgehead atoms. The molecule has 0 aromatic heterocycles. The second kappa shape index (κ2) is 7.61. The van der Waals surface area contributed by atoms with Crippen molar-refractivity contribution in [1.82, 2.24) is 15.1 Å². The summed E-state index contributed by atoms with van der Waals surface area (Å²) >= 11 is 0. The molecule has 0 radical (unpaired) electrons. The summed E-state index contributed by atoms with van der Waals surface area (Å²) in [5, 5.41) is 1.83. The number of piperidine rings is 2. The number of nitrogens with one attached hydrogen (secondary N) is 1. The first-order valence-corrected chi connectivity index (χ1v) is 9.94. The van der Waals surface area contributed by atoms with Crippen LogP contribution in [-0.4, -0.2) is 81.3 Å². The number of carbonyl (C=O) groups is 2. The Morgan fingerprint density at radius 1 is 1.04 bits per heavy atom. The maximum Gasteiger partial charge on any atom is 0.234 e.